The van der Waals surface area contributed by atoms with Crippen molar-refractivity contribution in [1.29, 1.82) is 0 Å². The van der Waals surface area contributed by atoms with E-state index in [1.54, 1.807) is 13.2 Å². The number of methoxy groups -OCH3 is 1. The van der Waals surface area contributed by atoms with E-state index in [0.717, 1.165) is 27.8 Å². The molecule has 0 spiro atoms. The van der Waals surface area contributed by atoms with Crippen LogP contribution >= 0.6 is 0 Å². The SMILES string of the molecule is COc1ccc(C(CNS(=O)(=O)c2ccc3c(c2)OCCO3)c2c[nH]c3ccccc23)cc1. The predicted molar refractivity (Wildman–Crippen MR) is 126 cm³/mol. The fraction of sp³-hybridized carbons (Fsp3) is 0.200. The summed E-state index contributed by atoms with van der Waals surface area (Å²) in [6.07, 6.45) is 1.94. The molecule has 0 saturated carbocycles. The maximum Gasteiger partial charge on any atom is 0.240 e. The molecule has 170 valence electrons. The molecule has 0 bridgehead atoms. The molecule has 8 heteroatoms. The van der Waals surface area contributed by atoms with E-state index in [2.05, 4.69) is 9.71 Å². The third-order valence-electron chi connectivity index (χ3n) is 5.82. The minimum atomic E-state index is -3.77. The Kier molecular flexibility index (Phi) is 5.70. The minimum absolute atomic E-state index is 0.138. The van der Waals surface area contributed by atoms with E-state index in [4.69, 9.17) is 14.2 Å². The quantitative estimate of drug-likeness (QED) is 0.431. The Balaban J connectivity index is 1.47. The van der Waals surface area contributed by atoms with E-state index in [1.807, 2.05) is 54.7 Å². The maximum atomic E-state index is 13.2. The number of aromatic nitrogens is 1. The summed E-state index contributed by atoms with van der Waals surface area (Å²) >= 11 is 0. The molecule has 1 unspecified atom stereocenters. The number of para-hydroxylation sites is 1. The Morgan fingerprint density at radius 2 is 1.76 bits per heavy atom. The summed E-state index contributed by atoms with van der Waals surface area (Å²) < 4.78 is 45.4. The molecule has 1 aliphatic heterocycles. The van der Waals surface area contributed by atoms with Crippen LogP contribution < -0.4 is 18.9 Å². The summed E-state index contributed by atoms with van der Waals surface area (Å²) in [4.78, 5) is 3.43. The fourth-order valence-electron chi connectivity index (χ4n) is 4.09. The van der Waals surface area contributed by atoms with Gasteiger partial charge in [-0.25, -0.2) is 13.1 Å². The van der Waals surface area contributed by atoms with Gasteiger partial charge in [0.1, 0.15) is 19.0 Å². The van der Waals surface area contributed by atoms with Crippen molar-refractivity contribution < 1.29 is 22.6 Å². The van der Waals surface area contributed by atoms with Crippen molar-refractivity contribution in [3.8, 4) is 17.2 Å². The Bertz CT molecular complexity index is 1380. The lowest BCUT2D eigenvalue weighted by Crippen LogP contribution is -2.29. The highest BCUT2D eigenvalue weighted by Crippen LogP contribution is 2.34. The highest BCUT2D eigenvalue weighted by atomic mass is 32.2. The van der Waals surface area contributed by atoms with Crippen LogP contribution in [-0.2, 0) is 10.0 Å². The van der Waals surface area contributed by atoms with Crippen molar-refractivity contribution in [3.63, 3.8) is 0 Å². The van der Waals surface area contributed by atoms with E-state index in [0.29, 0.717) is 24.7 Å². The van der Waals surface area contributed by atoms with Crippen LogP contribution in [0.5, 0.6) is 17.2 Å². The lowest BCUT2D eigenvalue weighted by Gasteiger charge is -2.20. The van der Waals surface area contributed by atoms with Crippen molar-refractivity contribution in [2.45, 2.75) is 10.8 Å². The van der Waals surface area contributed by atoms with Gasteiger partial charge in [0.15, 0.2) is 11.5 Å². The second kappa shape index (κ2) is 8.80. The highest BCUT2D eigenvalue weighted by Gasteiger charge is 2.24. The third-order valence-corrected chi connectivity index (χ3v) is 7.24. The van der Waals surface area contributed by atoms with E-state index < -0.39 is 10.0 Å². The minimum Gasteiger partial charge on any atom is -0.497 e. The predicted octanol–water partition coefficient (Wildman–Crippen LogP) is 4.06. The molecule has 5 rings (SSSR count). The smallest absolute Gasteiger partial charge is 0.240 e. The molecule has 0 amide bonds. The van der Waals surface area contributed by atoms with E-state index in [1.165, 1.54) is 12.1 Å². The molecule has 0 saturated heterocycles. The number of H-pyrrole nitrogens is 1. The van der Waals surface area contributed by atoms with Crippen LogP contribution in [0.2, 0.25) is 0 Å². The lowest BCUT2D eigenvalue weighted by atomic mass is 9.91. The number of hydrogen-bond acceptors (Lipinski definition) is 5. The number of aromatic amines is 1. The van der Waals surface area contributed by atoms with Crippen LogP contribution in [0.1, 0.15) is 17.0 Å². The Labute approximate surface area is 192 Å². The van der Waals surface area contributed by atoms with Crippen LogP contribution in [0.25, 0.3) is 10.9 Å². The first-order chi connectivity index (χ1) is 16.0. The summed E-state index contributed by atoms with van der Waals surface area (Å²) in [6, 6.07) is 20.3. The number of rotatable bonds is 7. The zero-order valence-electron chi connectivity index (χ0n) is 18.1. The van der Waals surface area contributed by atoms with Gasteiger partial charge >= 0.3 is 0 Å². The monoisotopic (exact) mass is 464 g/mol. The van der Waals surface area contributed by atoms with Gasteiger partial charge < -0.3 is 19.2 Å². The van der Waals surface area contributed by atoms with Gasteiger partial charge in [-0.1, -0.05) is 30.3 Å². The van der Waals surface area contributed by atoms with Gasteiger partial charge in [-0.15, -0.1) is 0 Å². The lowest BCUT2D eigenvalue weighted by molar-refractivity contribution is 0.171. The molecule has 1 aliphatic rings. The van der Waals surface area contributed by atoms with Gasteiger partial charge in [-0.3, -0.25) is 0 Å². The largest absolute Gasteiger partial charge is 0.497 e. The standard InChI is InChI=1S/C25H24N2O5S/c1-30-18-8-6-17(7-9-18)21(22-15-26-23-5-3-2-4-20(22)23)16-27-33(28,29)19-10-11-24-25(14-19)32-13-12-31-24/h2-11,14-15,21,26-27H,12-13,16H2,1H3. The van der Waals surface area contributed by atoms with Gasteiger partial charge in [0.25, 0.3) is 0 Å². The average Bonchev–Trinajstić information content (AvgIpc) is 3.28. The first-order valence-electron chi connectivity index (χ1n) is 10.6. The molecule has 2 N–H and O–H groups in total. The summed E-state index contributed by atoms with van der Waals surface area (Å²) in [7, 11) is -2.16. The van der Waals surface area contributed by atoms with E-state index >= 15 is 0 Å². The second-order valence-electron chi connectivity index (χ2n) is 7.77. The topological polar surface area (TPSA) is 89.7 Å². The summed E-state index contributed by atoms with van der Waals surface area (Å²) in [5, 5.41) is 1.05. The van der Waals surface area contributed by atoms with Gasteiger partial charge in [-0.2, -0.15) is 0 Å². The van der Waals surface area contributed by atoms with Crippen LogP contribution in [0.3, 0.4) is 0 Å². The molecular weight excluding hydrogens is 440 g/mol. The maximum absolute atomic E-state index is 13.2. The van der Waals surface area contributed by atoms with Crippen LogP contribution in [0.4, 0.5) is 0 Å². The van der Waals surface area contributed by atoms with Crippen molar-refractivity contribution in [3.05, 3.63) is 84.1 Å². The number of ether oxygens (including phenoxy) is 3. The number of hydrogen-bond donors (Lipinski definition) is 2. The Hall–Kier alpha value is -3.49. The molecule has 1 atom stereocenters. The highest BCUT2D eigenvalue weighted by molar-refractivity contribution is 7.89. The number of fused-ring (bicyclic) bond motifs is 2. The molecule has 3 aromatic carbocycles. The Morgan fingerprint density at radius 1 is 1.00 bits per heavy atom. The average molecular weight is 465 g/mol. The first-order valence-corrected chi connectivity index (χ1v) is 12.1. The van der Waals surface area contributed by atoms with Crippen molar-refractivity contribution in [2.75, 3.05) is 26.9 Å². The normalized spacial score (nSPS) is 14.2. The molecule has 0 fully saturated rings. The van der Waals surface area contributed by atoms with Crippen LogP contribution in [0, 0.1) is 0 Å². The molecule has 0 aliphatic carbocycles. The molecule has 4 aromatic rings. The number of nitrogens with one attached hydrogen (secondary N) is 2. The summed E-state index contributed by atoms with van der Waals surface area (Å²) in [5.74, 6) is 1.52. The zero-order chi connectivity index (χ0) is 22.8. The molecular formula is C25H24N2O5S. The van der Waals surface area contributed by atoms with E-state index in [-0.39, 0.29) is 17.4 Å². The third kappa shape index (κ3) is 4.27. The van der Waals surface area contributed by atoms with Crippen LogP contribution in [-0.4, -0.2) is 40.3 Å². The Morgan fingerprint density at radius 3 is 2.55 bits per heavy atom. The van der Waals surface area contributed by atoms with E-state index in [9.17, 15) is 8.42 Å². The molecule has 0 radical (unpaired) electrons. The first kappa shape index (κ1) is 21.4. The molecule has 1 aromatic heterocycles. The summed E-state index contributed by atoms with van der Waals surface area (Å²) in [6.45, 7) is 1.03. The van der Waals surface area contributed by atoms with Gasteiger partial charge in [0.05, 0.1) is 12.0 Å². The van der Waals surface area contributed by atoms with Gasteiger partial charge in [-0.05, 0) is 41.5 Å². The van der Waals surface area contributed by atoms with Crippen molar-refractivity contribution >= 4 is 20.9 Å². The summed E-state index contributed by atoms with van der Waals surface area (Å²) in [5.41, 5.74) is 2.99. The molecule has 2 heterocycles. The van der Waals surface area contributed by atoms with Crippen LogP contribution in [0.15, 0.2) is 77.8 Å². The molecule has 7 nitrogen and oxygen atoms in total. The van der Waals surface area contributed by atoms with Crippen molar-refractivity contribution in [2.24, 2.45) is 0 Å². The van der Waals surface area contributed by atoms with Gasteiger partial charge in [0, 0.05) is 35.6 Å². The number of sulfonamides is 1. The molecule has 33 heavy (non-hydrogen) atoms. The fourth-order valence-corrected chi connectivity index (χ4v) is 5.16. The van der Waals surface area contributed by atoms with Crippen molar-refractivity contribution in [1.82, 2.24) is 9.71 Å². The second-order valence-corrected chi connectivity index (χ2v) is 9.54. The van der Waals surface area contributed by atoms with Gasteiger partial charge in [0.2, 0.25) is 10.0 Å². The zero-order valence-corrected chi connectivity index (χ0v) is 18.9. The number of benzene rings is 3.